The molecule has 0 aliphatic heterocycles. The first-order valence-corrected chi connectivity index (χ1v) is 10.6. The van der Waals surface area contributed by atoms with Crippen molar-refractivity contribution < 1.29 is 14.3 Å². The summed E-state index contributed by atoms with van der Waals surface area (Å²) in [5, 5.41) is 6.89. The molecule has 7 heteroatoms. The van der Waals surface area contributed by atoms with E-state index in [0.717, 1.165) is 0 Å². The van der Waals surface area contributed by atoms with Crippen LogP contribution in [-0.2, 0) is 16.1 Å². The maximum absolute atomic E-state index is 12.8. The summed E-state index contributed by atoms with van der Waals surface area (Å²) in [6, 6.07) is 14.4. The van der Waals surface area contributed by atoms with Crippen molar-refractivity contribution >= 4 is 33.8 Å². The zero-order valence-electron chi connectivity index (χ0n) is 18.2. The molecule has 2 amide bonds. The topological polar surface area (TPSA) is 89.4 Å². The number of nitrogens with zero attached hydrogens (tertiary/aromatic N) is 1. The number of benzene rings is 2. The number of ether oxygens (including phenoxy) is 1. The van der Waals surface area contributed by atoms with Crippen molar-refractivity contribution in [3.63, 3.8) is 0 Å². The van der Waals surface area contributed by atoms with Crippen LogP contribution >= 0.6 is 0 Å². The van der Waals surface area contributed by atoms with Gasteiger partial charge in [-0.3, -0.25) is 9.59 Å². The fourth-order valence-electron chi connectivity index (χ4n) is 3.79. The predicted molar refractivity (Wildman–Crippen MR) is 122 cm³/mol. The molecule has 1 atom stereocenters. The van der Waals surface area contributed by atoms with Gasteiger partial charge in [-0.1, -0.05) is 38.1 Å². The Hall–Kier alpha value is -3.35. The van der Waals surface area contributed by atoms with Gasteiger partial charge in [-0.2, -0.15) is 0 Å². The molecule has 3 rings (SSSR count). The SMILES string of the molecule is CCOC(=O)NC(CNC(=O)Cn1c2ccccc2c(=O)c2ccccc21)CC(C)C. The first-order chi connectivity index (χ1) is 14.9. The Morgan fingerprint density at radius 1 is 1.00 bits per heavy atom. The molecular weight excluding hydrogens is 394 g/mol. The monoisotopic (exact) mass is 423 g/mol. The third-order valence-electron chi connectivity index (χ3n) is 5.08. The first kappa shape index (κ1) is 22.3. The third kappa shape index (κ3) is 5.42. The minimum atomic E-state index is -0.486. The molecule has 0 bridgehead atoms. The molecule has 0 fully saturated rings. The van der Waals surface area contributed by atoms with Crippen LogP contribution in [0.25, 0.3) is 21.8 Å². The van der Waals surface area contributed by atoms with E-state index in [-0.39, 0.29) is 23.9 Å². The Bertz CT molecular complexity index is 1080. The number of carbonyl (C=O) groups excluding carboxylic acids is 2. The minimum absolute atomic E-state index is 0.0431. The highest BCUT2D eigenvalue weighted by atomic mass is 16.5. The van der Waals surface area contributed by atoms with Gasteiger partial charge in [0.2, 0.25) is 5.91 Å². The van der Waals surface area contributed by atoms with Crippen LogP contribution in [0.5, 0.6) is 0 Å². The molecule has 2 N–H and O–H groups in total. The Morgan fingerprint density at radius 3 is 2.13 bits per heavy atom. The summed E-state index contributed by atoms with van der Waals surface area (Å²) in [7, 11) is 0. The number of nitrogens with one attached hydrogen (secondary N) is 2. The average molecular weight is 424 g/mol. The molecule has 164 valence electrons. The number of fused-ring (bicyclic) bond motifs is 2. The summed E-state index contributed by atoms with van der Waals surface area (Å²) in [5.41, 5.74) is 1.38. The maximum Gasteiger partial charge on any atom is 0.407 e. The Labute approximate surface area is 181 Å². The summed E-state index contributed by atoms with van der Waals surface area (Å²) in [5.74, 6) is 0.147. The number of pyridine rings is 1. The van der Waals surface area contributed by atoms with Gasteiger partial charge in [0.15, 0.2) is 5.43 Å². The lowest BCUT2D eigenvalue weighted by Gasteiger charge is -2.21. The number of amides is 2. The van der Waals surface area contributed by atoms with E-state index < -0.39 is 6.09 Å². The zero-order valence-corrected chi connectivity index (χ0v) is 18.2. The van der Waals surface area contributed by atoms with E-state index in [1.54, 1.807) is 19.1 Å². The van der Waals surface area contributed by atoms with Gasteiger partial charge in [-0.25, -0.2) is 4.79 Å². The van der Waals surface area contributed by atoms with Gasteiger partial charge in [0, 0.05) is 23.4 Å². The second-order valence-electron chi connectivity index (χ2n) is 7.94. The molecule has 0 spiro atoms. The van der Waals surface area contributed by atoms with Gasteiger partial charge in [0.25, 0.3) is 0 Å². The fourth-order valence-corrected chi connectivity index (χ4v) is 3.79. The van der Waals surface area contributed by atoms with Crippen molar-refractivity contribution in [3.8, 4) is 0 Å². The smallest absolute Gasteiger partial charge is 0.407 e. The molecule has 0 saturated carbocycles. The van der Waals surface area contributed by atoms with Crippen molar-refractivity contribution in [1.29, 1.82) is 0 Å². The second-order valence-corrected chi connectivity index (χ2v) is 7.94. The molecule has 1 heterocycles. The summed E-state index contributed by atoms with van der Waals surface area (Å²) >= 11 is 0. The van der Waals surface area contributed by atoms with Gasteiger partial charge in [0.05, 0.1) is 17.6 Å². The quantitative estimate of drug-likeness (QED) is 0.543. The molecule has 0 aliphatic carbocycles. The first-order valence-electron chi connectivity index (χ1n) is 10.6. The zero-order chi connectivity index (χ0) is 22.4. The number of hydrogen-bond acceptors (Lipinski definition) is 4. The molecule has 0 radical (unpaired) electrons. The van der Waals surface area contributed by atoms with Crippen LogP contribution < -0.4 is 16.1 Å². The van der Waals surface area contributed by atoms with Crippen molar-refractivity contribution in [2.75, 3.05) is 13.2 Å². The number of alkyl carbamates (subject to hydrolysis) is 1. The molecule has 1 aromatic heterocycles. The summed E-state index contributed by atoms with van der Waals surface area (Å²) in [6.45, 7) is 6.51. The lowest BCUT2D eigenvalue weighted by Crippen LogP contribution is -2.45. The van der Waals surface area contributed by atoms with Crippen LogP contribution in [0.15, 0.2) is 53.3 Å². The Morgan fingerprint density at radius 2 is 1.58 bits per heavy atom. The molecular formula is C24H29N3O4. The molecule has 2 aromatic carbocycles. The Balaban J connectivity index is 1.81. The van der Waals surface area contributed by atoms with E-state index in [9.17, 15) is 14.4 Å². The van der Waals surface area contributed by atoms with Gasteiger partial charge in [-0.15, -0.1) is 0 Å². The van der Waals surface area contributed by atoms with Crippen LogP contribution in [0.4, 0.5) is 4.79 Å². The van der Waals surface area contributed by atoms with Crippen molar-refractivity contribution in [1.82, 2.24) is 15.2 Å². The van der Waals surface area contributed by atoms with Crippen molar-refractivity contribution in [3.05, 3.63) is 58.8 Å². The van der Waals surface area contributed by atoms with Gasteiger partial charge >= 0.3 is 6.09 Å². The number of para-hydroxylation sites is 2. The van der Waals surface area contributed by atoms with E-state index in [2.05, 4.69) is 24.5 Å². The molecule has 1 unspecified atom stereocenters. The average Bonchev–Trinajstić information content (AvgIpc) is 2.75. The van der Waals surface area contributed by atoms with Crippen molar-refractivity contribution in [2.24, 2.45) is 5.92 Å². The standard InChI is InChI=1S/C24H29N3O4/c1-4-31-24(30)26-17(13-16(2)3)14-25-22(28)15-27-20-11-7-5-9-18(20)23(29)19-10-6-8-12-21(19)27/h5-12,16-17H,4,13-15H2,1-3H3,(H,25,28)(H,26,30). The van der Waals surface area contributed by atoms with Crippen LogP contribution in [0.1, 0.15) is 27.2 Å². The number of aromatic nitrogens is 1. The molecule has 3 aromatic rings. The fraction of sp³-hybridized carbons (Fsp3) is 0.375. The molecule has 0 aliphatic rings. The lowest BCUT2D eigenvalue weighted by atomic mass is 10.0. The summed E-state index contributed by atoms with van der Waals surface area (Å²) in [6.07, 6.45) is 0.225. The number of hydrogen-bond donors (Lipinski definition) is 2. The highest BCUT2D eigenvalue weighted by Crippen LogP contribution is 2.19. The third-order valence-corrected chi connectivity index (χ3v) is 5.08. The highest BCUT2D eigenvalue weighted by molar-refractivity contribution is 5.94. The van der Waals surface area contributed by atoms with E-state index in [4.69, 9.17) is 4.74 Å². The van der Waals surface area contributed by atoms with Gasteiger partial charge in [0.1, 0.15) is 6.54 Å². The number of rotatable bonds is 8. The van der Waals surface area contributed by atoms with Crippen LogP contribution in [-0.4, -0.2) is 35.8 Å². The second kappa shape index (κ2) is 10.1. The largest absolute Gasteiger partial charge is 0.450 e. The van der Waals surface area contributed by atoms with E-state index in [1.165, 1.54) is 0 Å². The summed E-state index contributed by atoms with van der Waals surface area (Å²) < 4.78 is 6.83. The highest BCUT2D eigenvalue weighted by Gasteiger charge is 2.17. The summed E-state index contributed by atoms with van der Waals surface area (Å²) in [4.78, 5) is 37.5. The lowest BCUT2D eigenvalue weighted by molar-refractivity contribution is -0.121. The van der Waals surface area contributed by atoms with E-state index >= 15 is 0 Å². The van der Waals surface area contributed by atoms with Crippen molar-refractivity contribution in [2.45, 2.75) is 39.8 Å². The molecule has 31 heavy (non-hydrogen) atoms. The predicted octanol–water partition coefficient (Wildman–Crippen LogP) is 3.43. The minimum Gasteiger partial charge on any atom is -0.450 e. The van der Waals surface area contributed by atoms with E-state index in [0.29, 0.717) is 47.3 Å². The van der Waals surface area contributed by atoms with Crippen LogP contribution in [0.2, 0.25) is 0 Å². The number of carbonyl (C=O) groups is 2. The van der Waals surface area contributed by atoms with Gasteiger partial charge in [-0.05, 0) is 43.5 Å². The normalized spacial score (nSPS) is 12.1. The van der Waals surface area contributed by atoms with Crippen LogP contribution in [0.3, 0.4) is 0 Å². The van der Waals surface area contributed by atoms with Crippen LogP contribution in [0, 0.1) is 5.92 Å². The van der Waals surface area contributed by atoms with E-state index in [1.807, 2.05) is 41.0 Å². The van der Waals surface area contributed by atoms with Gasteiger partial charge < -0.3 is 19.9 Å². The maximum atomic E-state index is 12.8. The molecule has 0 saturated heterocycles. The molecule has 7 nitrogen and oxygen atoms in total. The Kier molecular flexibility index (Phi) is 7.28.